The number of hydrogen-bond donors (Lipinski definition) is 0. The summed E-state index contributed by atoms with van der Waals surface area (Å²) in [7, 11) is 1.56. The number of fused-ring (bicyclic) bond motifs is 2. The van der Waals surface area contributed by atoms with Crippen molar-refractivity contribution in [3.8, 4) is 5.75 Å². The van der Waals surface area contributed by atoms with Crippen molar-refractivity contribution in [2.45, 2.75) is 19.3 Å². The van der Waals surface area contributed by atoms with Gasteiger partial charge in [-0.1, -0.05) is 0 Å². The number of methoxy groups -OCH3 is 1. The summed E-state index contributed by atoms with van der Waals surface area (Å²) in [4.78, 5) is 24.0. The van der Waals surface area contributed by atoms with Crippen LogP contribution in [0.4, 0.5) is 0 Å². The second kappa shape index (κ2) is 3.98. The normalized spacial score (nSPS) is 14.6. The molecule has 1 aromatic heterocycles. The highest BCUT2D eigenvalue weighted by Crippen LogP contribution is 2.25. The first-order chi connectivity index (χ1) is 8.70. The molecule has 0 bridgehead atoms. The molecule has 1 heterocycles. The lowest BCUT2D eigenvalue weighted by Gasteiger charge is -2.13. The number of Topliss-reactive ketones (excluding diaryl/α,β-unsaturated/α-hetero) is 1. The van der Waals surface area contributed by atoms with Crippen molar-refractivity contribution in [3.05, 3.63) is 39.7 Å². The van der Waals surface area contributed by atoms with E-state index in [2.05, 4.69) is 0 Å². The summed E-state index contributed by atoms with van der Waals surface area (Å²) in [6.45, 7) is 0. The monoisotopic (exact) mass is 244 g/mol. The summed E-state index contributed by atoms with van der Waals surface area (Å²) in [5.41, 5.74) is 0.491. The van der Waals surface area contributed by atoms with Gasteiger partial charge in [0, 0.05) is 18.9 Å². The molecule has 0 N–H and O–H groups in total. The highest BCUT2D eigenvalue weighted by Gasteiger charge is 2.24. The molecule has 0 amide bonds. The van der Waals surface area contributed by atoms with E-state index in [9.17, 15) is 9.59 Å². The van der Waals surface area contributed by atoms with Crippen LogP contribution in [0.5, 0.6) is 5.75 Å². The molecule has 0 spiro atoms. The van der Waals surface area contributed by atoms with Crippen LogP contribution in [-0.4, -0.2) is 12.9 Å². The van der Waals surface area contributed by atoms with Crippen molar-refractivity contribution in [1.29, 1.82) is 0 Å². The average Bonchev–Trinajstić information content (AvgIpc) is 2.38. The molecule has 0 unspecified atom stereocenters. The summed E-state index contributed by atoms with van der Waals surface area (Å²) < 4.78 is 10.8. The molecule has 3 rings (SSSR count). The Labute approximate surface area is 103 Å². The fourth-order valence-corrected chi connectivity index (χ4v) is 2.34. The zero-order chi connectivity index (χ0) is 12.7. The number of carbonyl (C=O) groups is 1. The predicted molar refractivity (Wildman–Crippen MR) is 66.3 cm³/mol. The molecule has 18 heavy (non-hydrogen) atoms. The van der Waals surface area contributed by atoms with Crippen LogP contribution in [0.3, 0.4) is 0 Å². The highest BCUT2D eigenvalue weighted by atomic mass is 16.5. The summed E-state index contributed by atoms with van der Waals surface area (Å²) in [6, 6.07) is 5.01. The largest absolute Gasteiger partial charge is 0.497 e. The van der Waals surface area contributed by atoms with Gasteiger partial charge in [0.2, 0.25) is 5.43 Å². The van der Waals surface area contributed by atoms with Crippen LogP contribution in [0.15, 0.2) is 27.4 Å². The van der Waals surface area contributed by atoms with E-state index in [1.54, 1.807) is 25.3 Å². The number of ether oxygens (including phenoxy) is 1. The number of aryl methyl sites for hydroxylation is 1. The molecule has 4 heteroatoms. The van der Waals surface area contributed by atoms with Gasteiger partial charge in [0.1, 0.15) is 22.7 Å². The van der Waals surface area contributed by atoms with Crippen molar-refractivity contribution in [3.63, 3.8) is 0 Å². The average molecular weight is 244 g/mol. The maximum atomic E-state index is 12.3. The molecule has 0 aliphatic heterocycles. The van der Waals surface area contributed by atoms with Gasteiger partial charge in [0.05, 0.1) is 12.5 Å². The van der Waals surface area contributed by atoms with Crippen molar-refractivity contribution in [2.24, 2.45) is 0 Å². The Morgan fingerprint density at radius 1 is 1.22 bits per heavy atom. The minimum Gasteiger partial charge on any atom is -0.497 e. The third-order valence-electron chi connectivity index (χ3n) is 3.26. The SMILES string of the molecule is COc1ccc2c(=O)c3c(oc2c1)CCCC3=O. The van der Waals surface area contributed by atoms with Crippen molar-refractivity contribution in [2.75, 3.05) is 7.11 Å². The first kappa shape index (κ1) is 11.0. The van der Waals surface area contributed by atoms with Crippen molar-refractivity contribution in [1.82, 2.24) is 0 Å². The van der Waals surface area contributed by atoms with Crippen LogP contribution >= 0.6 is 0 Å². The lowest BCUT2D eigenvalue weighted by atomic mass is 9.94. The van der Waals surface area contributed by atoms with E-state index >= 15 is 0 Å². The topological polar surface area (TPSA) is 56.5 Å². The van der Waals surface area contributed by atoms with E-state index in [0.717, 1.165) is 6.42 Å². The summed E-state index contributed by atoms with van der Waals surface area (Å²) in [6.07, 6.45) is 1.81. The van der Waals surface area contributed by atoms with Gasteiger partial charge in [0.25, 0.3) is 0 Å². The molecular formula is C14H12O4. The fourth-order valence-electron chi connectivity index (χ4n) is 2.34. The first-order valence-corrected chi connectivity index (χ1v) is 5.87. The highest BCUT2D eigenvalue weighted by molar-refractivity contribution is 6.00. The van der Waals surface area contributed by atoms with Crippen LogP contribution in [0, 0.1) is 0 Å². The number of carbonyl (C=O) groups excluding carboxylic acids is 1. The molecule has 1 aliphatic rings. The maximum Gasteiger partial charge on any atom is 0.203 e. The zero-order valence-electron chi connectivity index (χ0n) is 9.99. The fraction of sp³-hybridized carbons (Fsp3) is 0.286. The van der Waals surface area contributed by atoms with Crippen LogP contribution < -0.4 is 10.2 Å². The molecular weight excluding hydrogens is 232 g/mol. The van der Waals surface area contributed by atoms with Gasteiger partial charge >= 0.3 is 0 Å². The lowest BCUT2D eigenvalue weighted by Crippen LogP contribution is -2.22. The smallest absolute Gasteiger partial charge is 0.203 e. The Hall–Kier alpha value is -2.10. The van der Waals surface area contributed by atoms with E-state index < -0.39 is 0 Å². The molecule has 0 saturated carbocycles. The lowest BCUT2D eigenvalue weighted by molar-refractivity contribution is 0.0966. The Morgan fingerprint density at radius 3 is 2.83 bits per heavy atom. The molecule has 92 valence electrons. The molecule has 1 aliphatic carbocycles. The summed E-state index contributed by atoms with van der Waals surface area (Å²) in [5, 5.41) is 0.435. The third kappa shape index (κ3) is 1.53. The van der Waals surface area contributed by atoms with Crippen LogP contribution in [-0.2, 0) is 6.42 Å². The zero-order valence-corrected chi connectivity index (χ0v) is 9.99. The Morgan fingerprint density at radius 2 is 2.06 bits per heavy atom. The van der Waals surface area contributed by atoms with E-state index in [4.69, 9.17) is 9.15 Å². The van der Waals surface area contributed by atoms with Gasteiger partial charge in [-0.2, -0.15) is 0 Å². The van der Waals surface area contributed by atoms with Gasteiger partial charge < -0.3 is 9.15 Å². The van der Waals surface area contributed by atoms with Crippen molar-refractivity contribution >= 4 is 16.8 Å². The van der Waals surface area contributed by atoms with E-state index in [-0.39, 0.29) is 16.8 Å². The standard InChI is InChI=1S/C14H12O4/c1-17-8-5-6-9-12(7-8)18-11-4-2-3-10(15)13(11)14(9)16/h5-7H,2-4H2,1H3. The van der Waals surface area contributed by atoms with E-state index in [1.807, 2.05) is 0 Å². The van der Waals surface area contributed by atoms with Crippen LogP contribution in [0.2, 0.25) is 0 Å². The van der Waals surface area contributed by atoms with Gasteiger partial charge in [-0.15, -0.1) is 0 Å². The second-order valence-corrected chi connectivity index (χ2v) is 4.37. The number of benzene rings is 1. The molecule has 0 saturated heterocycles. The quantitative estimate of drug-likeness (QED) is 0.772. The van der Waals surface area contributed by atoms with E-state index in [1.165, 1.54) is 0 Å². The maximum absolute atomic E-state index is 12.3. The first-order valence-electron chi connectivity index (χ1n) is 5.87. The van der Waals surface area contributed by atoms with Gasteiger partial charge in [-0.05, 0) is 18.6 Å². The molecule has 1 aromatic carbocycles. The van der Waals surface area contributed by atoms with Gasteiger partial charge in [0.15, 0.2) is 5.78 Å². The van der Waals surface area contributed by atoms with Gasteiger partial charge in [-0.25, -0.2) is 0 Å². The summed E-state index contributed by atoms with van der Waals surface area (Å²) >= 11 is 0. The molecule has 0 fully saturated rings. The number of hydrogen-bond acceptors (Lipinski definition) is 4. The van der Waals surface area contributed by atoms with Crippen molar-refractivity contribution < 1.29 is 13.9 Å². The van der Waals surface area contributed by atoms with E-state index in [0.29, 0.717) is 35.3 Å². The van der Waals surface area contributed by atoms with Gasteiger partial charge in [-0.3, -0.25) is 9.59 Å². The number of ketones is 1. The Kier molecular flexibility index (Phi) is 2.44. The molecule has 4 nitrogen and oxygen atoms in total. The Balaban J connectivity index is 2.36. The van der Waals surface area contributed by atoms with Crippen LogP contribution in [0.1, 0.15) is 29.0 Å². The van der Waals surface area contributed by atoms with Crippen LogP contribution in [0.25, 0.3) is 11.0 Å². The third-order valence-corrected chi connectivity index (χ3v) is 3.26. The minimum atomic E-state index is -0.224. The Bertz CT molecular complexity index is 697. The summed E-state index contributed by atoms with van der Waals surface area (Å²) in [5.74, 6) is 1.03. The molecule has 0 atom stereocenters. The second-order valence-electron chi connectivity index (χ2n) is 4.37. The molecule has 0 radical (unpaired) electrons. The minimum absolute atomic E-state index is 0.109. The predicted octanol–water partition coefficient (Wildman–Crippen LogP) is 2.32. The number of rotatable bonds is 1. The molecule has 2 aromatic rings.